The number of hydrogen-bond acceptors (Lipinski definition) is 1. The lowest BCUT2D eigenvalue weighted by Gasteiger charge is -2.34. The third-order valence-electron chi connectivity index (χ3n) is 16.4. The van der Waals surface area contributed by atoms with Crippen molar-refractivity contribution in [3.8, 4) is 44.5 Å². The van der Waals surface area contributed by atoms with Gasteiger partial charge in [-0.15, -0.1) is 0 Å². The molecular weight excluding hydrogens is 807 g/mol. The molecule has 4 aliphatic rings. The van der Waals surface area contributed by atoms with Gasteiger partial charge in [-0.2, -0.15) is 0 Å². The third kappa shape index (κ3) is 6.33. The lowest BCUT2D eigenvalue weighted by atomic mass is 9.68. The number of fused-ring (bicyclic) bond motifs is 13. The summed E-state index contributed by atoms with van der Waals surface area (Å²) in [5, 5.41) is 0. The fourth-order valence-corrected chi connectivity index (χ4v) is 12.8. The highest BCUT2D eigenvalue weighted by molar-refractivity contribution is 5.98. The van der Waals surface area contributed by atoms with Crippen molar-refractivity contribution in [1.29, 1.82) is 0 Å². The normalized spacial score (nSPS) is 16.2. The lowest BCUT2D eigenvalue weighted by molar-refractivity contribution is 0.443. The Morgan fingerprint density at radius 3 is 1.43 bits per heavy atom. The van der Waals surface area contributed by atoms with Crippen LogP contribution in [0.1, 0.15) is 143 Å². The summed E-state index contributed by atoms with van der Waals surface area (Å²) in [7, 11) is 0. The number of hydrogen-bond donors (Lipinski definition) is 0. The maximum Gasteiger partial charge on any atom is 0.0726 e. The Balaban J connectivity index is 1.12. The van der Waals surface area contributed by atoms with E-state index < -0.39 is 5.41 Å². The highest BCUT2D eigenvalue weighted by atomic mass is 15.1. The van der Waals surface area contributed by atoms with Crippen LogP contribution < -0.4 is 4.90 Å². The van der Waals surface area contributed by atoms with Crippen molar-refractivity contribution in [1.82, 2.24) is 0 Å². The quantitative estimate of drug-likeness (QED) is 0.167. The van der Waals surface area contributed by atoms with E-state index in [1.165, 1.54) is 144 Å². The molecule has 1 saturated carbocycles. The molecule has 67 heavy (non-hydrogen) atoms. The second-order valence-corrected chi connectivity index (χ2v) is 22.8. The molecule has 0 amide bonds. The first-order valence-corrected chi connectivity index (χ1v) is 25.0. The van der Waals surface area contributed by atoms with Crippen LogP contribution in [-0.4, -0.2) is 0 Å². The smallest absolute Gasteiger partial charge is 0.0726 e. The van der Waals surface area contributed by atoms with Crippen LogP contribution in [0.4, 0.5) is 17.1 Å². The Morgan fingerprint density at radius 2 is 0.851 bits per heavy atom. The molecule has 0 N–H and O–H groups in total. The second-order valence-electron chi connectivity index (χ2n) is 22.8. The van der Waals surface area contributed by atoms with Crippen LogP contribution in [0.2, 0.25) is 0 Å². The summed E-state index contributed by atoms with van der Waals surface area (Å²) in [5.41, 5.74) is 25.9. The maximum absolute atomic E-state index is 2.58. The highest BCUT2D eigenvalue weighted by Crippen LogP contribution is 2.64. The van der Waals surface area contributed by atoms with Crippen molar-refractivity contribution >= 4 is 17.1 Å². The number of rotatable bonds is 5. The van der Waals surface area contributed by atoms with E-state index in [-0.39, 0.29) is 16.2 Å². The van der Waals surface area contributed by atoms with Crippen molar-refractivity contribution in [2.75, 3.05) is 4.90 Å². The van der Waals surface area contributed by atoms with Crippen molar-refractivity contribution in [2.24, 2.45) is 0 Å². The molecule has 0 aromatic heterocycles. The summed E-state index contributed by atoms with van der Waals surface area (Å²) >= 11 is 0. The summed E-state index contributed by atoms with van der Waals surface area (Å²) in [5.74, 6) is 0.668. The number of benzene rings is 8. The van der Waals surface area contributed by atoms with Gasteiger partial charge in [-0.1, -0.05) is 214 Å². The van der Waals surface area contributed by atoms with E-state index in [9.17, 15) is 0 Å². The zero-order valence-electron chi connectivity index (χ0n) is 40.7. The second kappa shape index (κ2) is 15.0. The van der Waals surface area contributed by atoms with E-state index in [2.05, 4.69) is 230 Å². The fourth-order valence-electron chi connectivity index (χ4n) is 12.8. The fraction of sp³-hybridized carbons (Fsp3) is 0.273. The molecule has 0 heterocycles. The Bertz CT molecular complexity index is 3200. The zero-order valence-corrected chi connectivity index (χ0v) is 40.7. The van der Waals surface area contributed by atoms with Gasteiger partial charge in [-0.3, -0.25) is 0 Å². The molecule has 12 rings (SSSR count). The largest absolute Gasteiger partial charge is 0.310 e. The van der Waals surface area contributed by atoms with Gasteiger partial charge in [0.2, 0.25) is 0 Å². The molecule has 1 nitrogen and oxygen atoms in total. The summed E-state index contributed by atoms with van der Waals surface area (Å²) < 4.78 is 0. The van der Waals surface area contributed by atoms with Gasteiger partial charge in [0.05, 0.1) is 11.1 Å². The van der Waals surface area contributed by atoms with Gasteiger partial charge in [0.15, 0.2) is 0 Å². The number of anilines is 3. The average Bonchev–Trinajstić information content (AvgIpc) is 3.89. The van der Waals surface area contributed by atoms with Crippen LogP contribution in [0.3, 0.4) is 0 Å². The highest BCUT2D eigenvalue weighted by Gasteiger charge is 2.52. The van der Waals surface area contributed by atoms with Crippen molar-refractivity contribution in [2.45, 2.75) is 115 Å². The van der Waals surface area contributed by atoms with Crippen LogP contribution in [0.5, 0.6) is 0 Å². The minimum absolute atomic E-state index is 0.0134. The zero-order chi connectivity index (χ0) is 46.0. The standard InChI is InChI=1S/C66H63N/c1-63(2,3)45-30-34-53-54-35-31-46(64(4,5)6)39-60(54)66(59(53)38-45)57-24-16-13-22-51(57)55-37-33-48(41-61(55)66)67(47-32-36-52-50-21-12-15-23-56(50)65(7,8)58(52)40-47)62-25-17-14-20-49(62)44-28-26-43(27-29-44)42-18-10-9-11-19-42/h12-17,20-42H,9-11,18-19H2,1-8H3. The molecule has 1 heteroatoms. The molecule has 0 radical (unpaired) electrons. The Kier molecular flexibility index (Phi) is 9.41. The predicted molar refractivity (Wildman–Crippen MR) is 284 cm³/mol. The minimum Gasteiger partial charge on any atom is -0.310 e. The van der Waals surface area contributed by atoms with Gasteiger partial charge < -0.3 is 4.90 Å². The molecule has 0 saturated heterocycles. The van der Waals surface area contributed by atoms with E-state index in [1.54, 1.807) is 0 Å². The molecular formula is C66H63N. The Hall–Kier alpha value is -6.44. The van der Waals surface area contributed by atoms with Gasteiger partial charge in [-0.05, 0) is 149 Å². The first kappa shape index (κ1) is 42.0. The third-order valence-corrected chi connectivity index (χ3v) is 16.4. The summed E-state index contributed by atoms with van der Waals surface area (Å²) in [4.78, 5) is 2.58. The summed E-state index contributed by atoms with van der Waals surface area (Å²) in [6, 6.07) is 66.5. The van der Waals surface area contributed by atoms with Crippen LogP contribution in [0.15, 0.2) is 170 Å². The van der Waals surface area contributed by atoms with E-state index >= 15 is 0 Å². The van der Waals surface area contributed by atoms with Crippen LogP contribution in [-0.2, 0) is 21.7 Å². The maximum atomic E-state index is 2.58. The molecule has 8 aromatic rings. The SMILES string of the molecule is CC(C)(C)c1ccc2c(c1)C1(c3ccccc3-c3ccc(N(c4ccc5c(c4)C(C)(C)c4ccccc4-5)c4ccccc4-c4ccc(C5CCCCC5)cc4)cc31)c1cc(C(C)(C)C)ccc1-2. The Labute approximate surface area is 399 Å². The van der Waals surface area contributed by atoms with E-state index in [1.807, 2.05) is 0 Å². The molecule has 4 aliphatic carbocycles. The average molecular weight is 870 g/mol. The molecule has 0 atom stereocenters. The van der Waals surface area contributed by atoms with Crippen molar-refractivity contribution in [3.05, 3.63) is 220 Å². The summed E-state index contributed by atoms with van der Waals surface area (Å²) in [6.07, 6.45) is 6.65. The molecule has 0 aliphatic heterocycles. The van der Waals surface area contributed by atoms with E-state index in [0.717, 1.165) is 0 Å². The van der Waals surface area contributed by atoms with Crippen LogP contribution in [0.25, 0.3) is 44.5 Å². The first-order chi connectivity index (χ1) is 32.2. The predicted octanol–water partition coefficient (Wildman–Crippen LogP) is 18.1. The summed E-state index contributed by atoms with van der Waals surface area (Å²) in [6.45, 7) is 18.9. The van der Waals surface area contributed by atoms with Gasteiger partial charge in [0, 0.05) is 22.4 Å². The first-order valence-electron chi connectivity index (χ1n) is 25.0. The molecule has 8 aromatic carbocycles. The number of para-hydroxylation sites is 1. The van der Waals surface area contributed by atoms with E-state index in [0.29, 0.717) is 5.92 Å². The van der Waals surface area contributed by atoms with Crippen LogP contribution >= 0.6 is 0 Å². The molecule has 0 bridgehead atoms. The van der Waals surface area contributed by atoms with Crippen molar-refractivity contribution in [3.63, 3.8) is 0 Å². The molecule has 332 valence electrons. The minimum atomic E-state index is -0.503. The topological polar surface area (TPSA) is 3.24 Å². The molecule has 0 unspecified atom stereocenters. The number of nitrogens with zero attached hydrogens (tertiary/aromatic N) is 1. The monoisotopic (exact) mass is 869 g/mol. The molecule has 1 fully saturated rings. The van der Waals surface area contributed by atoms with Crippen molar-refractivity contribution < 1.29 is 0 Å². The van der Waals surface area contributed by atoms with Gasteiger partial charge in [0.25, 0.3) is 0 Å². The Morgan fingerprint density at radius 1 is 0.403 bits per heavy atom. The van der Waals surface area contributed by atoms with E-state index in [4.69, 9.17) is 0 Å². The van der Waals surface area contributed by atoms with Crippen LogP contribution in [0, 0.1) is 0 Å². The van der Waals surface area contributed by atoms with Gasteiger partial charge in [-0.25, -0.2) is 0 Å². The lowest BCUT2D eigenvalue weighted by Crippen LogP contribution is -2.27. The molecule has 1 spiro atoms. The van der Waals surface area contributed by atoms with Gasteiger partial charge >= 0.3 is 0 Å². The van der Waals surface area contributed by atoms with Gasteiger partial charge in [0.1, 0.15) is 0 Å².